The molecule has 0 spiro atoms. The van der Waals surface area contributed by atoms with Crippen LogP contribution in [0, 0.1) is 0 Å². The Balaban J connectivity index is 1.77. The van der Waals surface area contributed by atoms with E-state index >= 15 is 0 Å². The molecule has 4 nitrogen and oxygen atoms in total. The smallest absolute Gasteiger partial charge is 0.260 e. The number of thioether (sulfide) groups is 1. The third kappa shape index (κ3) is 5.03. The van der Waals surface area contributed by atoms with Gasteiger partial charge in [0.1, 0.15) is 0 Å². The van der Waals surface area contributed by atoms with E-state index in [2.05, 4.69) is 56.9 Å². The van der Waals surface area contributed by atoms with Crippen LogP contribution >= 0.6 is 23.1 Å². The fraction of sp³-hybridized carbons (Fsp3) is 0.269. The fourth-order valence-corrected chi connectivity index (χ4v) is 5.44. The summed E-state index contributed by atoms with van der Waals surface area (Å²) in [4.78, 5) is 26.0. The molecule has 0 radical (unpaired) electrons. The third-order valence-corrected chi connectivity index (χ3v) is 7.08. The molecule has 2 aromatic heterocycles. The van der Waals surface area contributed by atoms with E-state index in [1.165, 1.54) is 5.56 Å². The molecule has 0 aliphatic rings. The Morgan fingerprint density at radius 3 is 2.56 bits per heavy atom. The van der Waals surface area contributed by atoms with Crippen molar-refractivity contribution in [2.45, 2.75) is 50.3 Å². The number of anilines is 1. The zero-order valence-corrected chi connectivity index (χ0v) is 20.4. The van der Waals surface area contributed by atoms with E-state index in [-0.39, 0.29) is 5.91 Å². The van der Waals surface area contributed by atoms with Crippen LogP contribution in [0.4, 0.5) is 5.13 Å². The lowest BCUT2D eigenvalue weighted by Crippen LogP contribution is -2.30. The minimum Gasteiger partial charge on any atom is -0.278 e. The lowest BCUT2D eigenvalue weighted by atomic mass is 10.0. The number of benzene rings is 2. The van der Waals surface area contributed by atoms with Crippen molar-refractivity contribution in [2.24, 2.45) is 0 Å². The van der Waals surface area contributed by atoms with Gasteiger partial charge in [-0.3, -0.25) is 14.7 Å². The maximum absolute atomic E-state index is 13.7. The van der Waals surface area contributed by atoms with Gasteiger partial charge in [-0.25, -0.2) is 4.98 Å². The molecule has 2 aromatic carbocycles. The molecule has 0 aliphatic heterocycles. The minimum atomic E-state index is -0.0630. The molecular formula is C26H27N3OS2. The molecule has 4 rings (SSSR count). The number of nitrogens with zero attached hydrogens (tertiary/aromatic N) is 3. The number of para-hydroxylation sites is 1. The predicted molar refractivity (Wildman–Crippen MR) is 136 cm³/mol. The Hall–Kier alpha value is -2.70. The van der Waals surface area contributed by atoms with Crippen molar-refractivity contribution in [3.8, 4) is 0 Å². The summed E-state index contributed by atoms with van der Waals surface area (Å²) < 4.78 is 1.09. The highest BCUT2D eigenvalue weighted by atomic mass is 32.2. The summed E-state index contributed by atoms with van der Waals surface area (Å²) in [5, 5.41) is 1.15. The molecule has 0 fully saturated rings. The number of carbonyl (C=O) groups is 1. The van der Waals surface area contributed by atoms with Crippen LogP contribution in [0.15, 0.2) is 71.8 Å². The van der Waals surface area contributed by atoms with E-state index < -0.39 is 0 Å². The van der Waals surface area contributed by atoms with E-state index in [0.29, 0.717) is 28.4 Å². The largest absolute Gasteiger partial charge is 0.278 e. The number of hydrogen-bond donors (Lipinski definition) is 0. The van der Waals surface area contributed by atoms with Crippen LogP contribution < -0.4 is 4.90 Å². The number of carbonyl (C=O) groups excluding carboxylic acids is 1. The van der Waals surface area contributed by atoms with Crippen LogP contribution in [-0.2, 0) is 6.54 Å². The minimum absolute atomic E-state index is 0.0630. The SMILES string of the molecule is CC(C)Sc1cccc(C(=O)N(Cc2ccccn2)c2nc3c(C(C)C)cccc3s2)c1. The van der Waals surface area contributed by atoms with Gasteiger partial charge in [0.05, 0.1) is 22.5 Å². The first-order valence-electron chi connectivity index (χ1n) is 10.8. The standard InChI is InChI=1S/C26H27N3OS2/c1-17(2)22-12-8-13-23-24(22)28-26(32-23)29(16-20-10-5-6-14-27-20)25(30)19-9-7-11-21(15-19)31-18(3)4/h5-15,17-18H,16H2,1-4H3. The van der Waals surface area contributed by atoms with Crippen molar-refractivity contribution in [1.29, 1.82) is 0 Å². The molecule has 0 atom stereocenters. The zero-order valence-electron chi connectivity index (χ0n) is 18.8. The van der Waals surface area contributed by atoms with Gasteiger partial charge in [0.25, 0.3) is 5.91 Å². The summed E-state index contributed by atoms with van der Waals surface area (Å²) in [5.41, 5.74) is 3.67. The summed E-state index contributed by atoms with van der Waals surface area (Å²) in [5.74, 6) is 0.297. The van der Waals surface area contributed by atoms with Crippen LogP contribution in [0.1, 0.15) is 55.2 Å². The van der Waals surface area contributed by atoms with Gasteiger partial charge in [0, 0.05) is 21.9 Å². The van der Waals surface area contributed by atoms with Gasteiger partial charge in [-0.05, 0) is 47.9 Å². The summed E-state index contributed by atoms with van der Waals surface area (Å²) >= 11 is 3.31. The van der Waals surface area contributed by atoms with Gasteiger partial charge in [-0.15, -0.1) is 11.8 Å². The van der Waals surface area contributed by atoms with Crippen molar-refractivity contribution in [1.82, 2.24) is 9.97 Å². The number of rotatable bonds is 7. The molecule has 6 heteroatoms. The summed E-state index contributed by atoms with van der Waals surface area (Å²) in [6, 6.07) is 19.9. The zero-order chi connectivity index (χ0) is 22.7. The number of fused-ring (bicyclic) bond motifs is 1. The monoisotopic (exact) mass is 461 g/mol. The van der Waals surface area contributed by atoms with Crippen molar-refractivity contribution in [2.75, 3.05) is 4.90 Å². The molecule has 0 saturated carbocycles. The normalized spacial score (nSPS) is 11.4. The first kappa shape index (κ1) is 22.5. The van der Waals surface area contributed by atoms with E-state index in [0.717, 1.165) is 20.8 Å². The van der Waals surface area contributed by atoms with Crippen LogP contribution in [-0.4, -0.2) is 21.1 Å². The molecule has 164 valence electrons. The van der Waals surface area contributed by atoms with Crippen molar-refractivity contribution < 1.29 is 4.79 Å². The molecule has 0 aliphatic carbocycles. The Morgan fingerprint density at radius 1 is 1.03 bits per heavy atom. The topological polar surface area (TPSA) is 46.1 Å². The van der Waals surface area contributed by atoms with Crippen molar-refractivity contribution in [3.05, 3.63) is 83.7 Å². The molecule has 0 bridgehead atoms. The molecule has 1 amide bonds. The van der Waals surface area contributed by atoms with Crippen LogP contribution in [0.2, 0.25) is 0 Å². The third-order valence-electron chi connectivity index (χ3n) is 5.04. The second kappa shape index (κ2) is 9.84. The predicted octanol–water partition coefficient (Wildman–Crippen LogP) is 7.16. The number of amides is 1. The second-order valence-electron chi connectivity index (χ2n) is 8.25. The van der Waals surface area contributed by atoms with E-state index in [1.54, 1.807) is 34.2 Å². The van der Waals surface area contributed by atoms with Crippen LogP contribution in [0.25, 0.3) is 10.2 Å². The molecule has 4 aromatic rings. The summed E-state index contributed by atoms with van der Waals surface area (Å²) in [6.45, 7) is 9.02. The van der Waals surface area contributed by atoms with Gasteiger partial charge >= 0.3 is 0 Å². The maximum atomic E-state index is 13.7. The number of pyridine rings is 1. The van der Waals surface area contributed by atoms with Gasteiger partial charge in [0.15, 0.2) is 5.13 Å². The first-order chi connectivity index (χ1) is 15.4. The summed E-state index contributed by atoms with van der Waals surface area (Å²) in [6.07, 6.45) is 1.76. The fourth-order valence-electron chi connectivity index (χ4n) is 3.55. The van der Waals surface area contributed by atoms with E-state index in [1.807, 2.05) is 36.4 Å². The highest BCUT2D eigenvalue weighted by Crippen LogP contribution is 2.35. The Kier molecular flexibility index (Phi) is 6.92. The van der Waals surface area contributed by atoms with Gasteiger partial charge in [-0.2, -0.15) is 0 Å². The molecule has 0 N–H and O–H groups in total. The molecule has 32 heavy (non-hydrogen) atoms. The Bertz CT molecular complexity index is 1220. The van der Waals surface area contributed by atoms with Gasteiger partial charge in [-0.1, -0.05) is 63.3 Å². The number of aromatic nitrogens is 2. The van der Waals surface area contributed by atoms with Crippen LogP contribution in [0.3, 0.4) is 0 Å². The highest BCUT2D eigenvalue weighted by Gasteiger charge is 2.23. The van der Waals surface area contributed by atoms with E-state index in [4.69, 9.17) is 4.98 Å². The number of hydrogen-bond acceptors (Lipinski definition) is 5. The number of thiazole rings is 1. The molecule has 2 heterocycles. The Morgan fingerprint density at radius 2 is 1.84 bits per heavy atom. The molecule has 0 unspecified atom stereocenters. The average molecular weight is 462 g/mol. The lowest BCUT2D eigenvalue weighted by Gasteiger charge is -2.20. The van der Waals surface area contributed by atoms with E-state index in [9.17, 15) is 4.79 Å². The maximum Gasteiger partial charge on any atom is 0.260 e. The van der Waals surface area contributed by atoms with Crippen molar-refractivity contribution in [3.63, 3.8) is 0 Å². The first-order valence-corrected chi connectivity index (χ1v) is 12.5. The van der Waals surface area contributed by atoms with Crippen molar-refractivity contribution >= 4 is 44.4 Å². The van der Waals surface area contributed by atoms with Gasteiger partial charge in [0.2, 0.25) is 0 Å². The van der Waals surface area contributed by atoms with Crippen LogP contribution in [0.5, 0.6) is 0 Å². The lowest BCUT2D eigenvalue weighted by molar-refractivity contribution is 0.0984. The highest BCUT2D eigenvalue weighted by molar-refractivity contribution is 7.99. The Labute approximate surface area is 197 Å². The molecule has 0 saturated heterocycles. The van der Waals surface area contributed by atoms with Gasteiger partial charge < -0.3 is 0 Å². The average Bonchev–Trinajstić information content (AvgIpc) is 3.21. The quantitative estimate of drug-likeness (QED) is 0.274. The molecular weight excluding hydrogens is 434 g/mol. The second-order valence-corrected chi connectivity index (χ2v) is 10.9. The summed E-state index contributed by atoms with van der Waals surface area (Å²) in [7, 11) is 0.